The minimum absolute atomic E-state index is 0.738. The van der Waals surface area contributed by atoms with Crippen LogP contribution < -0.4 is 0 Å². The molecule has 0 aromatic heterocycles. The number of carbonyl (C=O) groups is 1. The highest BCUT2D eigenvalue weighted by Crippen LogP contribution is 2.42. The predicted octanol–water partition coefficient (Wildman–Crippen LogP) is 3.56. The molecule has 0 aliphatic heterocycles. The van der Waals surface area contributed by atoms with Crippen molar-refractivity contribution >= 4 is 12.4 Å². The van der Waals surface area contributed by atoms with Crippen LogP contribution in [-0.2, 0) is 4.79 Å². The highest BCUT2D eigenvalue weighted by Gasteiger charge is 2.24. The smallest absolute Gasteiger partial charge is 0.146 e. The number of rotatable bonds is 4. The number of hydrogen-bond donors (Lipinski definition) is 0. The molecule has 15 heavy (non-hydrogen) atoms. The molecule has 0 amide bonds. The third-order valence-electron chi connectivity index (χ3n) is 2.91. The first-order valence-electron chi connectivity index (χ1n) is 5.59. The Morgan fingerprint density at radius 2 is 2.13 bits per heavy atom. The fourth-order valence-electron chi connectivity index (χ4n) is 1.83. The van der Waals surface area contributed by atoms with Gasteiger partial charge in [-0.15, -0.1) is 0 Å². The van der Waals surface area contributed by atoms with Crippen molar-refractivity contribution in [2.75, 3.05) is 0 Å². The van der Waals surface area contributed by atoms with Crippen LogP contribution in [0.1, 0.15) is 43.2 Å². The molecule has 1 aliphatic rings. The Morgan fingerprint density at radius 3 is 2.73 bits per heavy atom. The first kappa shape index (κ1) is 10.2. The molecule has 1 saturated carbocycles. The summed E-state index contributed by atoms with van der Waals surface area (Å²) in [5.74, 6) is 0.738. The molecule has 1 fully saturated rings. The van der Waals surface area contributed by atoms with Crippen LogP contribution in [-0.4, -0.2) is 6.29 Å². The molecule has 0 N–H and O–H groups in total. The van der Waals surface area contributed by atoms with Gasteiger partial charge in [0.25, 0.3) is 0 Å². The van der Waals surface area contributed by atoms with Crippen molar-refractivity contribution in [3.8, 4) is 0 Å². The predicted molar refractivity (Wildman–Crippen MR) is 62.7 cm³/mol. The van der Waals surface area contributed by atoms with E-state index in [-0.39, 0.29) is 0 Å². The Bertz CT molecular complexity index is 386. The second-order valence-electron chi connectivity index (χ2n) is 4.09. The average Bonchev–Trinajstić information content (AvgIpc) is 3.10. The zero-order chi connectivity index (χ0) is 10.7. The van der Waals surface area contributed by atoms with Gasteiger partial charge in [0, 0.05) is 0 Å². The summed E-state index contributed by atoms with van der Waals surface area (Å²) in [7, 11) is 0. The summed E-state index contributed by atoms with van der Waals surface area (Å²) < 4.78 is 0. The van der Waals surface area contributed by atoms with Gasteiger partial charge in [-0.1, -0.05) is 31.2 Å². The van der Waals surface area contributed by atoms with Crippen molar-refractivity contribution in [2.45, 2.75) is 32.1 Å². The third kappa shape index (κ3) is 2.35. The SMILES string of the molecule is CCC(C=O)=Cc1ccccc1C1CC1. The van der Waals surface area contributed by atoms with E-state index in [1.165, 1.54) is 24.0 Å². The molecular formula is C14H16O. The van der Waals surface area contributed by atoms with E-state index >= 15 is 0 Å². The van der Waals surface area contributed by atoms with Crippen LogP contribution in [0.15, 0.2) is 29.8 Å². The molecule has 0 unspecified atom stereocenters. The standard InChI is InChI=1S/C14H16O/c1-2-11(10-15)9-13-5-3-4-6-14(13)12-7-8-12/h3-6,9-10,12H,2,7-8H2,1H3. The van der Waals surface area contributed by atoms with Crippen molar-refractivity contribution in [3.05, 3.63) is 41.0 Å². The fraction of sp³-hybridized carbons (Fsp3) is 0.357. The normalized spacial score (nSPS) is 16.5. The molecule has 1 heteroatoms. The minimum atomic E-state index is 0.738. The van der Waals surface area contributed by atoms with Crippen molar-refractivity contribution in [3.63, 3.8) is 0 Å². The van der Waals surface area contributed by atoms with Crippen molar-refractivity contribution < 1.29 is 4.79 Å². The van der Waals surface area contributed by atoms with Gasteiger partial charge < -0.3 is 0 Å². The second kappa shape index (κ2) is 4.43. The second-order valence-corrected chi connectivity index (χ2v) is 4.09. The summed E-state index contributed by atoms with van der Waals surface area (Å²) in [5, 5.41) is 0. The highest BCUT2D eigenvalue weighted by molar-refractivity contribution is 5.82. The van der Waals surface area contributed by atoms with Gasteiger partial charge in [0.2, 0.25) is 0 Å². The van der Waals surface area contributed by atoms with Crippen LogP contribution in [0.3, 0.4) is 0 Å². The average molecular weight is 200 g/mol. The van der Waals surface area contributed by atoms with Crippen molar-refractivity contribution in [1.82, 2.24) is 0 Å². The van der Waals surface area contributed by atoms with E-state index in [1.807, 2.05) is 19.1 Å². The van der Waals surface area contributed by atoms with Crippen LogP contribution in [0.5, 0.6) is 0 Å². The fourth-order valence-corrected chi connectivity index (χ4v) is 1.83. The van der Waals surface area contributed by atoms with Gasteiger partial charge in [0.15, 0.2) is 0 Å². The Labute approximate surface area is 90.8 Å². The molecule has 1 aromatic carbocycles. The first-order valence-corrected chi connectivity index (χ1v) is 5.59. The number of carbonyl (C=O) groups excluding carboxylic acids is 1. The lowest BCUT2D eigenvalue weighted by Crippen LogP contribution is -1.88. The van der Waals surface area contributed by atoms with E-state index in [0.29, 0.717) is 0 Å². The Balaban J connectivity index is 2.34. The van der Waals surface area contributed by atoms with Gasteiger partial charge in [-0.25, -0.2) is 0 Å². The summed E-state index contributed by atoms with van der Waals surface area (Å²) in [6, 6.07) is 8.40. The van der Waals surface area contributed by atoms with E-state index in [0.717, 1.165) is 24.2 Å². The van der Waals surface area contributed by atoms with Crippen LogP contribution in [0.2, 0.25) is 0 Å². The zero-order valence-corrected chi connectivity index (χ0v) is 9.07. The summed E-state index contributed by atoms with van der Waals surface area (Å²) in [4.78, 5) is 10.8. The van der Waals surface area contributed by atoms with Gasteiger partial charge in [0.1, 0.15) is 6.29 Å². The molecule has 1 nitrogen and oxygen atoms in total. The van der Waals surface area contributed by atoms with Crippen LogP contribution in [0.4, 0.5) is 0 Å². The van der Waals surface area contributed by atoms with Gasteiger partial charge in [-0.05, 0) is 48.0 Å². The lowest BCUT2D eigenvalue weighted by atomic mass is 10.0. The quantitative estimate of drug-likeness (QED) is 0.536. The monoisotopic (exact) mass is 200 g/mol. The summed E-state index contributed by atoms with van der Waals surface area (Å²) >= 11 is 0. The number of benzene rings is 1. The molecule has 0 saturated heterocycles. The topological polar surface area (TPSA) is 17.1 Å². The molecule has 1 aliphatic carbocycles. The molecule has 0 atom stereocenters. The summed E-state index contributed by atoms with van der Waals surface area (Å²) in [6.07, 6.45) is 6.40. The third-order valence-corrected chi connectivity index (χ3v) is 2.91. The van der Waals surface area contributed by atoms with Crippen molar-refractivity contribution in [1.29, 1.82) is 0 Å². The number of allylic oxidation sites excluding steroid dienone is 1. The largest absolute Gasteiger partial charge is 0.298 e. The molecule has 0 heterocycles. The molecular weight excluding hydrogens is 184 g/mol. The van der Waals surface area contributed by atoms with E-state index in [1.54, 1.807) is 0 Å². The maximum atomic E-state index is 10.8. The zero-order valence-electron chi connectivity index (χ0n) is 9.07. The van der Waals surface area contributed by atoms with Gasteiger partial charge in [-0.2, -0.15) is 0 Å². The maximum Gasteiger partial charge on any atom is 0.146 e. The van der Waals surface area contributed by atoms with Gasteiger partial charge >= 0.3 is 0 Å². The highest BCUT2D eigenvalue weighted by atomic mass is 16.1. The molecule has 2 rings (SSSR count). The maximum absolute atomic E-state index is 10.8. The van der Waals surface area contributed by atoms with E-state index in [2.05, 4.69) is 18.2 Å². The van der Waals surface area contributed by atoms with Crippen LogP contribution in [0.25, 0.3) is 6.08 Å². The lowest BCUT2D eigenvalue weighted by molar-refractivity contribution is -0.104. The number of hydrogen-bond acceptors (Lipinski definition) is 1. The molecule has 0 radical (unpaired) electrons. The van der Waals surface area contributed by atoms with Crippen LogP contribution >= 0.6 is 0 Å². The molecule has 1 aromatic rings. The van der Waals surface area contributed by atoms with E-state index in [4.69, 9.17) is 0 Å². The van der Waals surface area contributed by atoms with E-state index in [9.17, 15) is 4.79 Å². The minimum Gasteiger partial charge on any atom is -0.298 e. The first-order chi connectivity index (χ1) is 7.35. The summed E-state index contributed by atoms with van der Waals surface area (Å²) in [6.45, 7) is 2.01. The van der Waals surface area contributed by atoms with Gasteiger partial charge in [0.05, 0.1) is 0 Å². The Kier molecular flexibility index (Phi) is 3.00. The van der Waals surface area contributed by atoms with E-state index < -0.39 is 0 Å². The molecule has 0 bridgehead atoms. The molecule has 0 spiro atoms. The van der Waals surface area contributed by atoms with Crippen molar-refractivity contribution in [2.24, 2.45) is 0 Å². The van der Waals surface area contributed by atoms with Gasteiger partial charge in [-0.3, -0.25) is 4.79 Å². The Morgan fingerprint density at radius 1 is 1.40 bits per heavy atom. The van der Waals surface area contributed by atoms with Crippen LogP contribution in [0, 0.1) is 0 Å². The Hall–Kier alpha value is -1.37. The lowest BCUT2D eigenvalue weighted by Gasteiger charge is -2.04. The molecule has 78 valence electrons. The number of aldehydes is 1. The summed E-state index contributed by atoms with van der Waals surface area (Å²) in [5.41, 5.74) is 3.51.